The molecule has 1 aromatic carbocycles. The summed E-state index contributed by atoms with van der Waals surface area (Å²) < 4.78 is 47.2. The van der Waals surface area contributed by atoms with Crippen LogP contribution in [-0.4, -0.2) is 5.97 Å². The standard InChI is InChI=1S/C12H7F3O3/c13-12(14,15)9-3-1-2-4-10(9)18-11(16)8-5-6-17-7-8/h1-7H. The number of hydrogen-bond donors (Lipinski definition) is 0. The summed E-state index contributed by atoms with van der Waals surface area (Å²) >= 11 is 0. The monoisotopic (exact) mass is 256 g/mol. The molecule has 2 aromatic rings. The van der Waals surface area contributed by atoms with E-state index in [0.717, 1.165) is 18.4 Å². The minimum Gasteiger partial charge on any atom is -0.472 e. The molecule has 1 aromatic heterocycles. The summed E-state index contributed by atoms with van der Waals surface area (Å²) in [5.74, 6) is -1.43. The molecule has 0 aliphatic heterocycles. The van der Waals surface area contributed by atoms with Crippen molar-refractivity contribution in [3.63, 3.8) is 0 Å². The van der Waals surface area contributed by atoms with Gasteiger partial charge in [0.15, 0.2) is 0 Å². The molecule has 0 N–H and O–H groups in total. The first-order chi connectivity index (χ1) is 8.48. The summed E-state index contributed by atoms with van der Waals surface area (Å²) in [7, 11) is 0. The lowest BCUT2D eigenvalue weighted by atomic mass is 10.2. The van der Waals surface area contributed by atoms with Crippen molar-refractivity contribution in [2.45, 2.75) is 6.18 Å². The van der Waals surface area contributed by atoms with E-state index in [0.29, 0.717) is 0 Å². The second-order valence-electron chi connectivity index (χ2n) is 3.40. The highest BCUT2D eigenvalue weighted by atomic mass is 19.4. The van der Waals surface area contributed by atoms with Gasteiger partial charge in [-0.05, 0) is 18.2 Å². The zero-order valence-corrected chi connectivity index (χ0v) is 8.90. The molecule has 0 unspecified atom stereocenters. The highest BCUT2D eigenvalue weighted by Gasteiger charge is 2.34. The average molecular weight is 256 g/mol. The van der Waals surface area contributed by atoms with Crippen LogP contribution in [0.2, 0.25) is 0 Å². The number of furan rings is 1. The zero-order chi connectivity index (χ0) is 13.2. The van der Waals surface area contributed by atoms with Crippen molar-refractivity contribution in [2.75, 3.05) is 0 Å². The third kappa shape index (κ3) is 2.53. The van der Waals surface area contributed by atoms with E-state index in [-0.39, 0.29) is 5.56 Å². The number of ether oxygens (including phenoxy) is 1. The van der Waals surface area contributed by atoms with Gasteiger partial charge in [-0.1, -0.05) is 12.1 Å². The summed E-state index contributed by atoms with van der Waals surface area (Å²) in [5.41, 5.74) is -0.950. The lowest BCUT2D eigenvalue weighted by Gasteiger charge is -2.11. The van der Waals surface area contributed by atoms with E-state index < -0.39 is 23.5 Å². The van der Waals surface area contributed by atoms with Gasteiger partial charge in [0.1, 0.15) is 12.0 Å². The Bertz CT molecular complexity index is 544. The summed E-state index contributed by atoms with van der Waals surface area (Å²) in [4.78, 5) is 11.5. The summed E-state index contributed by atoms with van der Waals surface area (Å²) in [6, 6.07) is 5.81. The molecule has 0 bridgehead atoms. The predicted molar refractivity (Wildman–Crippen MR) is 55.1 cm³/mol. The Morgan fingerprint density at radius 1 is 1.17 bits per heavy atom. The number of rotatable bonds is 2. The Morgan fingerprint density at radius 3 is 2.50 bits per heavy atom. The Morgan fingerprint density at radius 2 is 1.89 bits per heavy atom. The third-order valence-electron chi connectivity index (χ3n) is 2.15. The van der Waals surface area contributed by atoms with Crippen LogP contribution in [-0.2, 0) is 6.18 Å². The van der Waals surface area contributed by atoms with Crippen LogP contribution in [0.25, 0.3) is 0 Å². The number of alkyl halides is 3. The van der Waals surface area contributed by atoms with Crippen LogP contribution in [0.5, 0.6) is 5.75 Å². The molecule has 3 nitrogen and oxygen atoms in total. The maximum absolute atomic E-state index is 12.6. The van der Waals surface area contributed by atoms with Gasteiger partial charge in [0, 0.05) is 0 Å². The largest absolute Gasteiger partial charge is 0.472 e. The molecule has 1 heterocycles. The van der Waals surface area contributed by atoms with Gasteiger partial charge in [0.2, 0.25) is 0 Å². The second kappa shape index (κ2) is 4.56. The van der Waals surface area contributed by atoms with Crippen molar-refractivity contribution in [1.82, 2.24) is 0 Å². The van der Waals surface area contributed by atoms with Crippen LogP contribution in [0.15, 0.2) is 47.3 Å². The van der Waals surface area contributed by atoms with Gasteiger partial charge in [0.05, 0.1) is 17.4 Å². The fourth-order valence-corrected chi connectivity index (χ4v) is 1.33. The zero-order valence-electron chi connectivity index (χ0n) is 8.90. The van der Waals surface area contributed by atoms with E-state index in [1.54, 1.807) is 0 Å². The first-order valence-corrected chi connectivity index (χ1v) is 4.89. The molecule has 0 radical (unpaired) electrons. The van der Waals surface area contributed by atoms with Crippen molar-refractivity contribution in [1.29, 1.82) is 0 Å². The number of halogens is 3. The smallest absolute Gasteiger partial charge is 0.419 e. The normalized spacial score (nSPS) is 11.3. The Labute approximate surface area is 99.8 Å². The molecule has 18 heavy (non-hydrogen) atoms. The van der Waals surface area contributed by atoms with Crippen LogP contribution < -0.4 is 4.74 Å². The summed E-state index contributed by atoms with van der Waals surface area (Å²) in [5, 5.41) is 0. The fraction of sp³-hybridized carbons (Fsp3) is 0.0833. The molecule has 2 rings (SSSR count). The number of carbonyl (C=O) groups is 1. The Kier molecular flexibility index (Phi) is 3.10. The van der Waals surface area contributed by atoms with Gasteiger partial charge in [-0.2, -0.15) is 13.2 Å². The van der Waals surface area contributed by atoms with Crippen molar-refractivity contribution in [3.8, 4) is 5.75 Å². The number of para-hydroxylation sites is 1. The van der Waals surface area contributed by atoms with E-state index in [1.807, 2.05) is 0 Å². The minimum atomic E-state index is -4.58. The van der Waals surface area contributed by atoms with E-state index in [2.05, 4.69) is 4.42 Å². The van der Waals surface area contributed by atoms with E-state index in [1.165, 1.54) is 24.5 Å². The molecule has 0 aliphatic carbocycles. The highest BCUT2D eigenvalue weighted by molar-refractivity contribution is 5.90. The first-order valence-electron chi connectivity index (χ1n) is 4.89. The molecule has 0 amide bonds. The van der Waals surface area contributed by atoms with Gasteiger partial charge in [-0.15, -0.1) is 0 Å². The lowest BCUT2D eigenvalue weighted by Crippen LogP contribution is -2.13. The van der Waals surface area contributed by atoms with Crippen molar-refractivity contribution in [3.05, 3.63) is 54.0 Å². The van der Waals surface area contributed by atoms with Crippen LogP contribution in [0.1, 0.15) is 15.9 Å². The van der Waals surface area contributed by atoms with E-state index in [9.17, 15) is 18.0 Å². The highest BCUT2D eigenvalue weighted by Crippen LogP contribution is 2.36. The number of benzene rings is 1. The molecule has 0 saturated heterocycles. The molecule has 94 valence electrons. The summed E-state index contributed by atoms with van der Waals surface area (Å²) in [6.07, 6.45) is -2.25. The summed E-state index contributed by atoms with van der Waals surface area (Å²) in [6.45, 7) is 0. The average Bonchev–Trinajstić information content (AvgIpc) is 2.81. The van der Waals surface area contributed by atoms with Crippen LogP contribution in [0.4, 0.5) is 13.2 Å². The molecule has 0 spiro atoms. The van der Waals surface area contributed by atoms with Crippen LogP contribution in [0, 0.1) is 0 Å². The number of carbonyl (C=O) groups excluding carboxylic acids is 1. The molecule has 0 aliphatic rings. The Hall–Kier alpha value is -2.24. The van der Waals surface area contributed by atoms with Gasteiger partial charge >= 0.3 is 12.1 Å². The maximum Gasteiger partial charge on any atom is 0.419 e. The van der Waals surface area contributed by atoms with Crippen molar-refractivity contribution >= 4 is 5.97 Å². The quantitative estimate of drug-likeness (QED) is 0.609. The molecule has 0 fully saturated rings. The second-order valence-corrected chi connectivity index (χ2v) is 3.40. The minimum absolute atomic E-state index is 0.0481. The van der Waals surface area contributed by atoms with Crippen molar-refractivity contribution in [2.24, 2.45) is 0 Å². The molecule has 0 atom stereocenters. The number of esters is 1. The van der Waals surface area contributed by atoms with Crippen LogP contribution in [0.3, 0.4) is 0 Å². The molecule has 6 heteroatoms. The van der Waals surface area contributed by atoms with Gasteiger partial charge in [-0.25, -0.2) is 4.79 Å². The predicted octanol–water partition coefficient (Wildman–Crippen LogP) is 3.52. The van der Waals surface area contributed by atoms with E-state index in [4.69, 9.17) is 4.74 Å². The van der Waals surface area contributed by atoms with Gasteiger partial charge in [-0.3, -0.25) is 0 Å². The molecular weight excluding hydrogens is 249 g/mol. The fourth-order valence-electron chi connectivity index (χ4n) is 1.33. The SMILES string of the molecule is O=C(Oc1ccccc1C(F)(F)F)c1ccoc1. The maximum atomic E-state index is 12.6. The third-order valence-corrected chi connectivity index (χ3v) is 2.15. The van der Waals surface area contributed by atoms with Gasteiger partial charge in [0.25, 0.3) is 0 Å². The van der Waals surface area contributed by atoms with E-state index >= 15 is 0 Å². The molecular formula is C12H7F3O3. The first kappa shape index (κ1) is 12.2. The van der Waals surface area contributed by atoms with Crippen molar-refractivity contribution < 1.29 is 27.1 Å². The lowest BCUT2D eigenvalue weighted by molar-refractivity contribution is -0.138. The topological polar surface area (TPSA) is 39.4 Å². The Balaban J connectivity index is 2.27. The van der Waals surface area contributed by atoms with Gasteiger partial charge < -0.3 is 9.15 Å². The van der Waals surface area contributed by atoms with Crippen LogP contribution >= 0.6 is 0 Å². The molecule has 0 saturated carbocycles. The number of hydrogen-bond acceptors (Lipinski definition) is 3.